The van der Waals surface area contributed by atoms with Crippen LogP contribution >= 0.6 is 11.6 Å². The molecule has 0 saturated carbocycles. The first-order chi connectivity index (χ1) is 9.56. The summed E-state index contributed by atoms with van der Waals surface area (Å²) in [6, 6.07) is 9.27. The Hall–Kier alpha value is -2.27. The first-order valence-electron chi connectivity index (χ1n) is 5.60. The molecule has 0 radical (unpaired) electrons. The number of halogens is 3. The number of hydrogen-bond acceptors (Lipinski definition) is 2. The van der Waals surface area contributed by atoms with Gasteiger partial charge in [-0.05, 0) is 36.4 Å². The summed E-state index contributed by atoms with van der Waals surface area (Å²) < 4.78 is 26.0. The number of rotatable bonds is 3. The molecule has 2 rings (SSSR count). The van der Waals surface area contributed by atoms with Crippen molar-refractivity contribution in [2.75, 3.05) is 0 Å². The van der Waals surface area contributed by atoms with E-state index in [1.807, 2.05) is 0 Å². The summed E-state index contributed by atoms with van der Waals surface area (Å²) in [6.45, 7) is 0. The Labute approximate surface area is 118 Å². The highest BCUT2D eigenvalue weighted by molar-refractivity contribution is 6.30. The second kappa shape index (κ2) is 6.25. The Morgan fingerprint density at radius 1 is 1.15 bits per heavy atom. The molecule has 0 bridgehead atoms. The third-order valence-electron chi connectivity index (χ3n) is 2.44. The van der Waals surface area contributed by atoms with Gasteiger partial charge in [-0.15, -0.1) is 0 Å². The molecule has 20 heavy (non-hydrogen) atoms. The second-order valence-corrected chi connectivity index (χ2v) is 4.31. The molecule has 0 atom stereocenters. The maximum atomic E-state index is 13.3. The predicted molar refractivity (Wildman–Crippen MR) is 72.9 cm³/mol. The van der Waals surface area contributed by atoms with Crippen LogP contribution in [0.25, 0.3) is 0 Å². The average Bonchev–Trinajstić information content (AvgIpc) is 2.42. The minimum absolute atomic E-state index is 0.0720. The van der Waals surface area contributed by atoms with E-state index < -0.39 is 17.5 Å². The van der Waals surface area contributed by atoms with E-state index in [9.17, 15) is 13.6 Å². The molecule has 0 unspecified atom stereocenters. The van der Waals surface area contributed by atoms with Crippen LogP contribution in [-0.4, -0.2) is 12.1 Å². The zero-order valence-corrected chi connectivity index (χ0v) is 10.9. The average molecular weight is 295 g/mol. The number of hydrogen-bond donors (Lipinski definition) is 1. The molecule has 6 heteroatoms. The lowest BCUT2D eigenvalue weighted by atomic mass is 10.2. The molecule has 0 aliphatic rings. The number of hydrazone groups is 1. The minimum atomic E-state index is -0.755. The summed E-state index contributed by atoms with van der Waals surface area (Å²) in [5.74, 6) is -1.89. The van der Waals surface area contributed by atoms with E-state index in [0.29, 0.717) is 10.6 Å². The Kier molecular flexibility index (Phi) is 4.42. The molecular formula is C14H9ClF2N2O. The summed E-state index contributed by atoms with van der Waals surface area (Å²) >= 11 is 5.70. The van der Waals surface area contributed by atoms with Crippen LogP contribution in [0.2, 0.25) is 5.02 Å². The molecule has 1 N–H and O–H groups in total. The standard InChI is InChI=1S/C14H9ClF2N2O/c15-11-4-1-9(2-5-11)14(20)19-18-8-10-3-6-12(16)7-13(10)17/h1-8H,(H,19,20)/b18-8-. The third-order valence-corrected chi connectivity index (χ3v) is 2.69. The quantitative estimate of drug-likeness (QED) is 0.684. The van der Waals surface area contributed by atoms with Gasteiger partial charge in [-0.2, -0.15) is 5.10 Å². The van der Waals surface area contributed by atoms with Gasteiger partial charge in [-0.1, -0.05) is 11.6 Å². The van der Waals surface area contributed by atoms with E-state index in [1.165, 1.54) is 18.2 Å². The molecule has 102 valence electrons. The Bertz CT molecular complexity index is 657. The zero-order valence-electron chi connectivity index (χ0n) is 10.1. The fraction of sp³-hybridized carbons (Fsp3) is 0. The van der Waals surface area contributed by atoms with Crippen molar-refractivity contribution in [1.29, 1.82) is 0 Å². The number of carbonyl (C=O) groups excluding carboxylic acids is 1. The van der Waals surface area contributed by atoms with Crippen LogP contribution in [0.1, 0.15) is 15.9 Å². The van der Waals surface area contributed by atoms with Crippen molar-refractivity contribution in [3.05, 3.63) is 70.2 Å². The molecular weight excluding hydrogens is 286 g/mol. The van der Waals surface area contributed by atoms with Crippen molar-refractivity contribution >= 4 is 23.7 Å². The molecule has 0 fully saturated rings. The Morgan fingerprint density at radius 2 is 1.85 bits per heavy atom. The highest BCUT2D eigenvalue weighted by atomic mass is 35.5. The largest absolute Gasteiger partial charge is 0.271 e. The van der Waals surface area contributed by atoms with Crippen molar-refractivity contribution < 1.29 is 13.6 Å². The number of nitrogens with one attached hydrogen (secondary N) is 1. The second-order valence-electron chi connectivity index (χ2n) is 3.87. The summed E-state index contributed by atoms with van der Waals surface area (Å²) in [5.41, 5.74) is 2.67. The maximum absolute atomic E-state index is 13.3. The molecule has 2 aromatic carbocycles. The van der Waals surface area contributed by atoms with E-state index in [-0.39, 0.29) is 5.56 Å². The van der Waals surface area contributed by atoms with Gasteiger partial charge in [0.15, 0.2) is 0 Å². The smallest absolute Gasteiger partial charge is 0.267 e. The zero-order chi connectivity index (χ0) is 14.5. The topological polar surface area (TPSA) is 41.5 Å². The number of amides is 1. The molecule has 0 aliphatic carbocycles. The molecule has 0 spiro atoms. The van der Waals surface area contributed by atoms with Crippen molar-refractivity contribution in [3.8, 4) is 0 Å². The fourth-order valence-electron chi connectivity index (χ4n) is 1.43. The van der Waals surface area contributed by atoms with Crippen LogP contribution in [0.15, 0.2) is 47.6 Å². The van der Waals surface area contributed by atoms with Crippen molar-refractivity contribution in [2.24, 2.45) is 5.10 Å². The van der Waals surface area contributed by atoms with Crippen LogP contribution in [-0.2, 0) is 0 Å². The first kappa shape index (κ1) is 14.1. The molecule has 0 aromatic heterocycles. The predicted octanol–water partition coefficient (Wildman–Crippen LogP) is 3.38. The van der Waals surface area contributed by atoms with Gasteiger partial charge in [0.25, 0.3) is 5.91 Å². The minimum Gasteiger partial charge on any atom is -0.267 e. The van der Waals surface area contributed by atoms with Gasteiger partial charge in [0.2, 0.25) is 0 Å². The monoisotopic (exact) mass is 294 g/mol. The van der Waals surface area contributed by atoms with Crippen LogP contribution in [0.3, 0.4) is 0 Å². The highest BCUT2D eigenvalue weighted by Gasteiger charge is 2.04. The van der Waals surface area contributed by atoms with Crippen LogP contribution in [0, 0.1) is 11.6 Å². The third kappa shape index (κ3) is 3.61. The normalized spacial score (nSPS) is 10.8. The lowest BCUT2D eigenvalue weighted by Crippen LogP contribution is -2.17. The van der Waals surface area contributed by atoms with E-state index in [4.69, 9.17) is 11.6 Å². The van der Waals surface area contributed by atoms with E-state index in [0.717, 1.165) is 18.3 Å². The van der Waals surface area contributed by atoms with Crippen molar-refractivity contribution in [1.82, 2.24) is 5.43 Å². The van der Waals surface area contributed by atoms with Crippen LogP contribution < -0.4 is 5.43 Å². The van der Waals surface area contributed by atoms with Gasteiger partial charge in [0, 0.05) is 22.2 Å². The Balaban J connectivity index is 2.02. The first-order valence-corrected chi connectivity index (χ1v) is 5.98. The number of nitrogens with zero attached hydrogens (tertiary/aromatic N) is 1. The van der Waals surface area contributed by atoms with E-state index in [1.54, 1.807) is 12.1 Å². The van der Waals surface area contributed by atoms with Gasteiger partial charge in [-0.3, -0.25) is 4.79 Å². The van der Waals surface area contributed by atoms with Gasteiger partial charge in [-0.25, -0.2) is 14.2 Å². The molecule has 3 nitrogen and oxygen atoms in total. The summed E-state index contributed by atoms with van der Waals surface area (Å²) in [6.07, 6.45) is 1.10. The summed E-state index contributed by atoms with van der Waals surface area (Å²) in [4.78, 5) is 11.7. The Morgan fingerprint density at radius 3 is 2.50 bits per heavy atom. The highest BCUT2D eigenvalue weighted by Crippen LogP contribution is 2.09. The lowest BCUT2D eigenvalue weighted by molar-refractivity contribution is 0.0955. The van der Waals surface area contributed by atoms with Crippen LogP contribution in [0.4, 0.5) is 8.78 Å². The van der Waals surface area contributed by atoms with Gasteiger partial charge < -0.3 is 0 Å². The van der Waals surface area contributed by atoms with Crippen LogP contribution in [0.5, 0.6) is 0 Å². The van der Waals surface area contributed by atoms with Gasteiger partial charge >= 0.3 is 0 Å². The SMILES string of the molecule is O=C(N/N=C\c1ccc(F)cc1F)c1ccc(Cl)cc1. The number of carbonyl (C=O) groups is 1. The molecule has 1 amide bonds. The maximum Gasteiger partial charge on any atom is 0.271 e. The number of benzene rings is 2. The molecule has 0 heterocycles. The van der Waals surface area contributed by atoms with Crippen molar-refractivity contribution in [2.45, 2.75) is 0 Å². The molecule has 0 saturated heterocycles. The molecule has 0 aliphatic heterocycles. The van der Waals surface area contributed by atoms with E-state index >= 15 is 0 Å². The van der Waals surface area contributed by atoms with Crippen molar-refractivity contribution in [3.63, 3.8) is 0 Å². The summed E-state index contributed by atoms with van der Waals surface area (Å²) in [5, 5.41) is 4.12. The van der Waals surface area contributed by atoms with Gasteiger partial charge in [0.1, 0.15) is 11.6 Å². The lowest BCUT2D eigenvalue weighted by Gasteiger charge is -2.00. The fourth-order valence-corrected chi connectivity index (χ4v) is 1.56. The van der Waals surface area contributed by atoms with E-state index in [2.05, 4.69) is 10.5 Å². The van der Waals surface area contributed by atoms with Gasteiger partial charge in [0.05, 0.1) is 6.21 Å². The summed E-state index contributed by atoms with van der Waals surface area (Å²) in [7, 11) is 0. The molecule has 2 aromatic rings.